The fourth-order valence-corrected chi connectivity index (χ4v) is 0.892. The lowest BCUT2D eigenvalue weighted by atomic mass is 10.1. The number of Topliss-reactive ketones (excluding diaryl/α,β-unsaturated/α-hetero) is 1. The van der Waals surface area contributed by atoms with E-state index in [9.17, 15) is 9.59 Å². The number of carbonyl (C=O) groups is 2. The molecule has 1 aromatic heterocycles. The van der Waals surface area contributed by atoms with Gasteiger partial charge >= 0.3 is 5.97 Å². The number of rotatable bonds is 3. The van der Waals surface area contributed by atoms with Crippen molar-refractivity contribution in [1.29, 1.82) is 0 Å². The quantitative estimate of drug-likeness (QED) is 0.415. The first-order valence-corrected chi connectivity index (χ1v) is 4.75. The molecule has 1 heterocycles. The Labute approximate surface area is 92.8 Å². The highest BCUT2D eigenvalue weighted by Gasteiger charge is 2.21. The molecule has 0 N–H and O–H groups in total. The highest BCUT2D eigenvalue weighted by atomic mass is 16.5. The Kier molecular flexibility index (Phi) is 3.36. The zero-order valence-electron chi connectivity index (χ0n) is 9.72. The summed E-state index contributed by atoms with van der Waals surface area (Å²) in [5.41, 5.74) is -0.350. The van der Waals surface area contributed by atoms with Crippen LogP contribution in [0.1, 0.15) is 37.8 Å². The van der Waals surface area contributed by atoms with Crippen LogP contribution in [0.2, 0.25) is 0 Å². The van der Waals surface area contributed by atoms with Crippen molar-refractivity contribution in [2.75, 3.05) is 7.11 Å². The molecule has 1 rings (SSSR count). The molecule has 0 fully saturated rings. The average molecular weight is 226 g/mol. The molecule has 0 amide bonds. The van der Waals surface area contributed by atoms with E-state index in [1.165, 1.54) is 11.9 Å². The number of methoxy groups -OCH3 is 1. The largest absolute Gasteiger partial charge is 0.469 e. The molecule has 0 spiro atoms. The molecule has 0 aliphatic heterocycles. The number of nitrogens with zero attached hydrogens (tertiary/aromatic N) is 4. The summed E-state index contributed by atoms with van der Waals surface area (Å²) in [5.74, 6) is -1.18. The number of ether oxygens (including phenoxy) is 1. The van der Waals surface area contributed by atoms with Crippen LogP contribution in [0, 0.1) is 0 Å². The minimum Gasteiger partial charge on any atom is -0.469 e. The van der Waals surface area contributed by atoms with E-state index >= 15 is 0 Å². The molecule has 1 aromatic rings. The summed E-state index contributed by atoms with van der Waals surface area (Å²) in [5, 5.41) is 11.2. The molecule has 0 radical (unpaired) electrons. The smallest absolute Gasteiger partial charge is 0.313 e. The third-order valence-electron chi connectivity index (χ3n) is 1.80. The maximum Gasteiger partial charge on any atom is 0.313 e. The van der Waals surface area contributed by atoms with Gasteiger partial charge in [-0.2, -0.15) is 4.80 Å². The Bertz CT molecular complexity index is 405. The van der Waals surface area contributed by atoms with E-state index in [1.807, 2.05) is 20.8 Å². The lowest BCUT2D eigenvalue weighted by Crippen LogP contribution is -2.25. The van der Waals surface area contributed by atoms with Crippen molar-refractivity contribution in [1.82, 2.24) is 20.2 Å². The van der Waals surface area contributed by atoms with Crippen molar-refractivity contribution >= 4 is 11.8 Å². The van der Waals surface area contributed by atoms with Crippen molar-refractivity contribution in [2.45, 2.75) is 32.7 Å². The van der Waals surface area contributed by atoms with Gasteiger partial charge in [-0.25, -0.2) is 0 Å². The summed E-state index contributed by atoms with van der Waals surface area (Å²) in [6, 6.07) is 0. The molecule has 0 aromatic carbocycles. The first-order chi connectivity index (χ1) is 7.34. The van der Waals surface area contributed by atoms with Crippen LogP contribution in [0.4, 0.5) is 0 Å². The maximum atomic E-state index is 11.5. The Morgan fingerprint density at radius 3 is 2.44 bits per heavy atom. The van der Waals surface area contributed by atoms with Crippen LogP contribution >= 0.6 is 0 Å². The van der Waals surface area contributed by atoms with Gasteiger partial charge in [-0.15, -0.1) is 10.2 Å². The van der Waals surface area contributed by atoms with Gasteiger partial charge in [-0.3, -0.25) is 9.59 Å². The SMILES string of the molecule is COC(=O)CC(=O)c1nnn(C(C)(C)C)n1. The van der Waals surface area contributed by atoms with E-state index < -0.39 is 11.8 Å². The van der Waals surface area contributed by atoms with E-state index in [0.717, 1.165) is 0 Å². The second-order valence-corrected chi connectivity index (χ2v) is 4.25. The lowest BCUT2D eigenvalue weighted by Gasteiger charge is -2.15. The summed E-state index contributed by atoms with van der Waals surface area (Å²) in [6.07, 6.45) is -0.369. The number of esters is 1. The van der Waals surface area contributed by atoms with E-state index in [4.69, 9.17) is 0 Å². The van der Waals surface area contributed by atoms with Gasteiger partial charge < -0.3 is 4.74 Å². The second-order valence-electron chi connectivity index (χ2n) is 4.25. The van der Waals surface area contributed by atoms with Crippen molar-refractivity contribution in [3.8, 4) is 0 Å². The zero-order valence-corrected chi connectivity index (χ0v) is 9.72. The Balaban J connectivity index is 2.79. The van der Waals surface area contributed by atoms with Crippen LogP contribution in [-0.4, -0.2) is 39.1 Å². The molecule has 7 nitrogen and oxygen atoms in total. The number of ketones is 1. The monoisotopic (exact) mass is 226 g/mol. The van der Waals surface area contributed by atoms with Gasteiger partial charge in [-0.1, -0.05) is 0 Å². The first-order valence-electron chi connectivity index (χ1n) is 4.75. The van der Waals surface area contributed by atoms with E-state index in [0.29, 0.717) is 0 Å². The summed E-state index contributed by atoms with van der Waals surface area (Å²) in [7, 11) is 1.22. The maximum absolute atomic E-state index is 11.5. The van der Waals surface area contributed by atoms with Crippen molar-refractivity contribution in [3.05, 3.63) is 5.82 Å². The van der Waals surface area contributed by atoms with Gasteiger partial charge in [0.05, 0.1) is 12.6 Å². The fraction of sp³-hybridized carbons (Fsp3) is 0.667. The predicted molar refractivity (Wildman–Crippen MR) is 53.8 cm³/mol. The highest BCUT2D eigenvalue weighted by molar-refractivity contribution is 6.03. The molecule has 7 heteroatoms. The van der Waals surface area contributed by atoms with Crippen LogP contribution in [-0.2, 0) is 15.1 Å². The molecular weight excluding hydrogens is 212 g/mol. The summed E-state index contributed by atoms with van der Waals surface area (Å²) in [6.45, 7) is 5.63. The van der Waals surface area contributed by atoms with Crippen molar-refractivity contribution in [3.63, 3.8) is 0 Å². The minimum absolute atomic E-state index is 0.0691. The normalized spacial score (nSPS) is 11.2. The van der Waals surface area contributed by atoms with Gasteiger partial charge in [0.1, 0.15) is 6.42 Å². The molecule has 0 aliphatic rings. The molecule has 0 saturated carbocycles. The molecule has 88 valence electrons. The molecule has 0 bridgehead atoms. The van der Waals surface area contributed by atoms with Gasteiger partial charge in [0.15, 0.2) is 0 Å². The molecule has 16 heavy (non-hydrogen) atoms. The van der Waals surface area contributed by atoms with Crippen LogP contribution in [0.3, 0.4) is 0 Å². The van der Waals surface area contributed by atoms with Crippen LogP contribution in [0.25, 0.3) is 0 Å². The minimum atomic E-state index is -0.614. The second kappa shape index (κ2) is 4.38. The number of aromatic nitrogens is 4. The topological polar surface area (TPSA) is 87.0 Å². The number of hydrogen-bond acceptors (Lipinski definition) is 6. The van der Waals surface area contributed by atoms with Crippen LogP contribution in [0.15, 0.2) is 0 Å². The summed E-state index contributed by atoms with van der Waals surface area (Å²) < 4.78 is 4.37. The van der Waals surface area contributed by atoms with Gasteiger partial charge in [0, 0.05) is 0 Å². The fourth-order valence-electron chi connectivity index (χ4n) is 0.892. The van der Waals surface area contributed by atoms with E-state index in [-0.39, 0.29) is 17.8 Å². The first kappa shape index (κ1) is 12.3. The highest BCUT2D eigenvalue weighted by Crippen LogP contribution is 2.09. The van der Waals surface area contributed by atoms with Gasteiger partial charge in [0.2, 0.25) is 11.6 Å². The molecule has 0 atom stereocenters. The molecule has 0 saturated heterocycles. The number of tetrazole rings is 1. The van der Waals surface area contributed by atoms with E-state index in [1.54, 1.807) is 0 Å². The zero-order chi connectivity index (χ0) is 12.3. The third-order valence-corrected chi connectivity index (χ3v) is 1.80. The van der Waals surface area contributed by atoms with Crippen LogP contribution in [0.5, 0.6) is 0 Å². The number of hydrogen-bond donors (Lipinski definition) is 0. The third kappa shape index (κ3) is 2.85. The van der Waals surface area contributed by atoms with Gasteiger partial charge in [-0.05, 0) is 26.0 Å². The van der Waals surface area contributed by atoms with Crippen molar-refractivity contribution < 1.29 is 14.3 Å². The van der Waals surface area contributed by atoms with Gasteiger partial charge in [0.25, 0.3) is 0 Å². The molecule has 0 unspecified atom stereocenters. The van der Waals surface area contributed by atoms with Crippen molar-refractivity contribution in [2.24, 2.45) is 0 Å². The molecule has 0 aliphatic carbocycles. The Morgan fingerprint density at radius 2 is 2.00 bits per heavy atom. The predicted octanol–water partition coefficient (Wildman–Crippen LogP) is 0.174. The van der Waals surface area contributed by atoms with E-state index in [2.05, 4.69) is 20.1 Å². The Morgan fingerprint density at radius 1 is 1.38 bits per heavy atom. The summed E-state index contributed by atoms with van der Waals surface area (Å²) in [4.78, 5) is 23.7. The molecular formula is C9H14N4O3. The lowest BCUT2D eigenvalue weighted by molar-refractivity contribution is -0.139. The van der Waals surface area contributed by atoms with Crippen LogP contribution < -0.4 is 0 Å². The standard InChI is InChI=1S/C9H14N4O3/c1-9(2,3)13-11-8(10-12-13)6(14)5-7(15)16-4/h5H2,1-4H3. The average Bonchev–Trinajstić information content (AvgIpc) is 2.65. The Hall–Kier alpha value is -1.79. The summed E-state index contributed by atoms with van der Waals surface area (Å²) >= 11 is 0. The number of carbonyl (C=O) groups excluding carboxylic acids is 2.